The Balaban J connectivity index is 2.51. The highest BCUT2D eigenvalue weighted by Crippen LogP contribution is 2.36. The number of amides is 1. The molecule has 2 rings (SSSR count). The van der Waals surface area contributed by atoms with Crippen LogP contribution in [0.1, 0.15) is 30.9 Å². The van der Waals surface area contributed by atoms with E-state index in [0.717, 1.165) is 47.6 Å². The van der Waals surface area contributed by atoms with E-state index in [9.17, 15) is 4.79 Å². The first kappa shape index (κ1) is 13.4. The lowest BCUT2D eigenvalue weighted by molar-refractivity contribution is -0.118. The first-order valence-electron chi connectivity index (χ1n) is 6.24. The summed E-state index contributed by atoms with van der Waals surface area (Å²) in [6.45, 7) is 1.44. The van der Waals surface area contributed by atoms with E-state index in [-0.39, 0.29) is 5.91 Å². The van der Waals surface area contributed by atoms with Crippen molar-refractivity contribution in [2.45, 2.75) is 26.2 Å². The van der Waals surface area contributed by atoms with Crippen LogP contribution in [0.5, 0.6) is 11.5 Å². The average Bonchev–Trinajstić information content (AvgIpc) is 2.43. The molecule has 1 aromatic carbocycles. The van der Waals surface area contributed by atoms with Gasteiger partial charge in [0.1, 0.15) is 11.5 Å². The molecule has 0 bridgehead atoms. The standard InChI is InChI=1S/C14H18N2O3/c1-9(17)15-16-11-6-4-5-10-12(18-2)7-8-13(19-3)14(10)11/h7-8H,4-6H2,1-3H3,(H,15,17)/b16-11+. The zero-order chi connectivity index (χ0) is 13.8. The Morgan fingerprint density at radius 1 is 1.21 bits per heavy atom. The van der Waals surface area contributed by atoms with Gasteiger partial charge in [0.15, 0.2) is 0 Å². The van der Waals surface area contributed by atoms with E-state index in [4.69, 9.17) is 9.47 Å². The van der Waals surface area contributed by atoms with Crippen LogP contribution in [0, 0.1) is 0 Å². The molecule has 5 nitrogen and oxygen atoms in total. The predicted octanol–water partition coefficient (Wildman–Crippen LogP) is 1.88. The van der Waals surface area contributed by atoms with E-state index < -0.39 is 0 Å². The van der Waals surface area contributed by atoms with Crippen LogP contribution in [0.4, 0.5) is 0 Å². The Morgan fingerprint density at radius 2 is 1.89 bits per heavy atom. The normalized spacial score (nSPS) is 15.8. The molecule has 102 valence electrons. The second-order valence-corrected chi connectivity index (χ2v) is 4.40. The average molecular weight is 262 g/mol. The van der Waals surface area contributed by atoms with Crippen molar-refractivity contribution in [2.75, 3.05) is 14.2 Å². The van der Waals surface area contributed by atoms with Gasteiger partial charge in [-0.25, -0.2) is 5.43 Å². The molecule has 0 spiro atoms. The summed E-state index contributed by atoms with van der Waals surface area (Å²) < 4.78 is 10.8. The van der Waals surface area contributed by atoms with Crippen molar-refractivity contribution >= 4 is 11.6 Å². The van der Waals surface area contributed by atoms with Gasteiger partial charge in [0.05, 0.1) is 19.9 Å². The molecule has 1 aromatic rings. The zero-order valence-electron chi connectivity index (χ0n) is 11.4. The van der Waals surface area contributed by atoms with Crippen LogP contribution >= 0.6 is 0 Å². The van der Waals surface area contributed by atoms with Crippen LogP contribution < -0.4 is 14.9 Å². The number of benzene rings is 1. The number of hydrogen-bond donors (Lipinski definition) is 1. The minimum Gasteiger partial charge on any atom is -0.496 e. The summed E-state index contributed by atoms with van der Waals surface area (Å²) >= 11 is 0. The topological polar surface area (TPSA) is 59.9 Å². The molecule has 0 saturated heterocycles. The van der Waals surface area contributed by atoms with E-state index in [2.05, 4.69) is 10.5 Å². The molecule has 0 unspecified atom stereocenters. The highest BCUT2D eigenvalue weighted by atomic mass is 16.5. The number of ether oxygens (including phenoxy) is 2. The second-order valence-electron chi connectivity index (χ2n) is 4.40. The fourth-order valence-corrected chi connectivity index (χ4v) is 2.35. The number of fused-ring (bicyclic) bond motifs is 1. The molecule has 1 aliphatic carbocycles. The summed E-state index contributed by atoms with van der Waals surface area (Å²) in [6, 6.07) is 3.77. The van der Waals surface area contributed by atoms with Crippen LogP contribution in [0.25, 0.3) is 0 Å². The third-order valence-corrected chi connectivity index (χ3v) is 3.15. The van der Waals surface area contributed by atoms with Gasteiger partial charge in [-0.05, 0) is 31.4 Å². The molecule has 1 aliphatic rings. The Labute approximate surface area is 112 Å². The van der Waals surface area contributed by atoms with E-state index >= 15 is 0 Å². The Hall–Kier alpha value is -2.04. The quantitative estimate of drug-likeness (QED) is 0.846. The summed E-state index contributed by atoms with van der Waals surface area (Å²) in [7, 11) is 3.29. The van der Waals surface area contributed by atoms with Crippen molar-refractivity contribution in [1.82, 2.24) is 5.43 Å². The number of nitrogens with zero attached hydrogens (tertiary/aromatic N) is 1. The highest BCUT2D eigenvalue weighted by Gasteiger charge is 2.23. The van der Waals surface area contributed by atoms with Crippen molar-refractivity contribution < 1.29 is 14.3 Å². The predicted molar refractivity (Wildman–Crippen MR) is 72.8 cm³/mol. The molecule has 0 fully saturated rings. The van der Waals surface area contributed by atoms with Gasteiger partial charge in [-0.1, -0.05) is 0 Å². The van der Waals surface area contributed by atoms with Crippen molar-refractivity contribution in [3.63, 3.8) is 0 Å². The van der Waals surface area contributed by atoms with Gasteiger partial charge in [-0.15, -0.1) is 0 Å². The molecule has 1 amide bonds. The van der Waals surface area contributed by atoms with Gasteiger partial charge >= 0.3 is 0 Å². The fraction of sp³-hybridized carbons (Fsp3) is 0.429. The summed E-state index contributed by atoms with van der Waals surface area (Å²) in [5.41, 5.74) is 5.38. The van der Waals surface area contributed by atoms with Crippen LogP contribution in [-0.4, -0.2) is 25.8 Å². The summed E-state index contributed by atoms with van der Waals surface area (Å²) in [5.74, 6) is 1.42. The van der Waals surface area contributed by atoms with Crippen LogP contribution in [0.3, 0.4) is 0 Å². The molecule has 0 aliphatic heterocycles. The van der Waals surface area contributed by atoms with E-state index in [0.29, 0.717) is 0 Å². The third-order valence-electron chi connectivity index (χ3n) is 3.15. The molecule has 5 heteroatoms. The summed E-state index contributed by atoms with van der Waals surface area (Å²) in [5, 5.41) is 4.19. The molecule has 0 aromatic heterocycles. The van der Waals surface area contributed by atoms with Gasteiger partial charge in [-0.3, -0.25) is 4.79 Å². The first-order chi connectivity index (χ1) is 9.17. The largest absolute Gasteiger partial charge is 0.496 e. The minimum atomic E-state index is -0.179. The Bertz CT molecular complexity index is 524. The van der Waals surface area contributed by atoms with Crippen molar-refractivity contribution in [1.29, 1.82) is 0 Å². The lowest BCUT2D eigenvalue weighted by atomic mass is 9.88. The number of methoxy groups -OCH3 is 2. The number of hydrogen-bond acceptors (Lipinski definition) is 4. The van der Waals surface area contributed by atoms with E-state index in [1.54, 1.807) is 14.2 Å². The molecule has 19 heavy (non-hydrogen) atoms. The highest BCUT2D eigenvalue weighted by molar-refractivity contribution is 6.05. The molecule has 0 saturated carbocycles. The molecule has 0 heterocycles. The van der Waals surface area contributed by atoms with Gasteiger partial charge in [0, 0.05) is 18.1 Å². The van der Waals surface area contributed by atoms with Crippen LogP contribution in [0.2, 0.25) is 0 Å². The lowest BCUT2D eigenvalue weighted by Gasteiger charge is -2.22. The fourth-order valence-electron chi connectivity index (χ4n) is 2.35. The van der Waals surface area contributed by atoms with Gasteiger partial charge in [0.2, 0.25) is 5.91 Å². The number of hydrazone groups is 1. The summed E-state index contributed by atoms with van der Waals surface area (Å²) in [4.78, 5) is 11.0. The molecular formula is C14H18N2O3. The van der Waals surface area contributed by atoms with E-state index in [1.807, 2.05) is 12.1 Å². The monoisotopic (exact) mass is 262 g/mol. The lowest BCUT2D eigenvalue weighted by Crippen LogP contribution is -2.20. The number of rotatable bonds is 3. The maximum atomic E-state index is 11.0. The first-order valence-corrected chi connectivity index (χ1v) is 6.24. The zero-order valence-corrected chi connectivity index (χ0v) is 11.4. The van der Waals surface area contributed by atoms with Gasteiger partial charge in [-0.2, -0.15) is 5.10 Å². The number of carbonyl (C=O) groups excluding carboxylic acids is 1. The summed E-state index contributed by atoms with van der Waals surface area (Å²) in [6.07, 6.45) is 2.72. The Morgan fingerprint density at radius 3 is 2.53 bits per heavy atom. The van der Waals surface area contributed by atoms with Crippen LogP contribution in [0.15, 0.2) is 17.2 Å². The minimum absolute atomic E-state index is 0.179. The van der Waals surface area contributed by atoms with Crippen molar-refractivity contribution in [3.05, 3.63) is 23.3 Å². The molecule has 0 radical (unpaired) electrons. The Kier molecular flexibility index (Phi) is 4.04. The number of nitrogens with one attached hydrogen (secondary N) is 1. The third kappa shape index (κ3) is 2.70. The SMILES string of the molecule is COc1ccc(OC)c2c1CCC/C2=N\NC(C)=O. The van der Waals surface area contributed by atoms with E-state index in [1.165, 1.54) is 6.92 Å². The maximum absolute atomic E-state index is 11.0. The second kappa shape index (κ2) is 5.73. The van der Waals surface area contributed by atoms with Crippen molar-refractivity contribution in [2.24, 2.45) is 5.10 Å². The number of carbonyl (C=O) groups is 1. The maximum Gasteiger partial charge on any atom is 0.236 e. The van der Waals surface area contributed by atoms with Crippen molar-refractivity contribution in [3.8, 4) is 11.5 Å². The van der Waals surface area contributed by atoms with Crippen LogP contribution in [-0.2, 0) is 11.2 Å². The smallest absolute Gasteiger partial charge is 0.236 e. The molecule has 0 atom stereocenters. The molecular weight excluding hydrogens is 244 g/mol. The van der Waals surface area contributed by atoms with Gasteiger partial charge < -0.3 is 9.47 Å². The van der Waals surface area contributed by atoms with Gasteiger partial charge in [0.25, 0.3) is 0 Å². The molecule has 1 N–H and O–H groups in total.